The number of amides is 3. The molecule has 1 aromatic heterocycles. The van der Waals surface area contributed by atoms with Crippen LogP contribution in [0.4, 0.5) is 0 Å². The maximum Gasteiger partial charge on any atom is 0.263 e. The van der Waals surface area contributed by atoms with E-state index in [0.717, 1.165) is 4.88 Å². The first-order valence-electron chi connectivity index (χ1n) is 10.9. The van der Waals surface area contributed by atoms with Crippen LogP contribution in [0.5, 0.6) is 0 Å². The van der Waals surface area contributed by atoms with Crippen molar-refractivity contribution in [2.45, 2.75) is 45.7 Å². The van der Waals surface area contributed by atoms with Gasteiger partial charge in [-0.25, -0.2) is 0 Å². The van der Waals surface area contributed by atoms with E-state index in [0.29, 0.717) is 37.4 Å². The molecular weight excluding hydrogens is 410 g/mol. The van der Waals surface area contributed by atoms with E-state index in [4.69, 9.17) is 0 Å². The molecule has 2 atom stereocenters. The highest BCUT2D eigenvalue weighted by Gasteiger charge is 2.35. The molecule has 1 aromatic carbocycles. The number of piperidine rings is 1. The minimum atomic E-state index is -0.632. The Labute approximate surface area is 188 Å². The smallest absolute Gasteiger partial charge is 0.263 e. The third-order valence-electron chi connectivity index (χ3n) is 6.01. The molecule has 0 radical (unpaired) electrons. The molecule has 0 bridgehead atoms. The number of benzene rings is 1. The first-order chi connectivity index (χ1) is 14.9. The summed E-state index contributed by atoms with van der Waals surface area (Å²) in [4.78, 5) is 41.1. The molecule has 0 aliphatic carbocycles. The second-order valence-electron chi connectivity index (χ2n) is 8.47. The fraction of sp³-hybridized carbons (Fsp3) is 0.458. The van der Waals surface area contributed by atoms with Gasteiger partial charge in [-0.05, 0) is 55.2 Å². The van der Waals surface area contributed by atoms with E-state index < -0.39 is 6.04 Å². The number of rotatable bonds is 7. The van der Waals surface area contributed by atoms with Crippen molar-refractivity contribution in [2.24, 2.45) is 11.8 Å². The van der Waals surface area contributed by atoms with Gasteiger partial charge in [-0.3, -0.25) is 14.4 Å². The maximum atomic E-state index is 13.1. The summed E-state index contributed by atoms with van der Waals surface area (Å²) in [6.07, 6.45) is 1.33. The third-order valence-corrected chi connectivity index (χ3v) is 6.86. The van der Waals surface area contributed by atoms with Crippen LogP contribution in [0, 0.1) is 11.8 Å². The van der Waals surface area contributed by atoms with Gasteiger partial charge in [0.05, 0.1) is 4.88 Å². The molecule has 6 nitrogen and oxygen atoms in total. The molecule has 2 heterocycles. The molecule has 1 saturated heterocycles. The van der Waals surface area contributed by atoms with Gasteiger partial charge in [0.2, 0.25) is 5.91 Å². The number of carbonyl (C=O) groups excluding carboxylic acids is 3. The Morgan fingerprint density at radius 3 is 2.23 bits per heavy atom. The van der Waals surface area contributed by atoms with E-state index in [1.807, 2.05) is 35.4 Å². The molecule has 2 aromatic rings. The molecule has 1 aliphatic heterocycles. The van der Waals surface area contributed by atoms with Gasteiger partial charge in [-0.2, -0.15) is 0 Å². The van der Waals surface area contributed by atoms with E-state index in [9.17, 15) is 14.4 Å². The van der Waals surface area contributed by atoms with Crippen molar-refractivity contribution in [3.63, 3.8) is 0 Å². The minimum Gasteiger partial charge on any atom is -0.352 e. The van der Waals surface area contributed by atoms with Gasteiger partial charge in [0.25, 0.3) is 11.8 Å². The van der Waals surface area contributed by atoms with E-state index in [-0.39, 0.29) is 29.7 Å². The number of hydrogen-bond acceptors (Lipinski definition) is 4. The van der Waals surface area contributed by atoms with Crippen molar-refractivity contribution in [1.29, 1.82) is 0 Å². The van der Waals surface area contributed by atoms with Crippen LogP contribution in [0.1, 0.15) is 53.6 Å². The van der Waals surface area contributed by atoms with Gasteiger partial charge < -0.3 is 15.5 Å². The van der Waals surface area contributed by atoms with Crippen LogP contribution in [-0.4, -0.2) is 47.8 Å². The summed E-state index contributed by atoms with van der Waals surface area (Å²) in [5.41, 5.74) is 0.530. The molecule has 7 heteroatoms. The second-order valence-corrected chi connectivity index (χ2v) is 9.41. The average molecular weight is 442 g/mol. The molecule has 0 spiro atoms. The zero-order chi connectivity index (χ0) is 22.4. The average Bonchev–Trinajstić information content (AvgIpc) is 3.32. The number of likely N-dealkylation sites (tertiary alicyclic amines) is 1. The predicted molar refractivity (Wildman–Crippen MR) is 123 cm³/mol. The molecule has 1 aliphatic rings. The predicted octanol–water partition coefficient (Wildman–Crippen LogP) is 3.56. The molecule has 1 fully saturated rings. The lowest BCUT2D eigenvalue weighted by Gasteiger charge is -2.36. The summed E-state index contributed by atoms with van der Waals surface area (Å²) in [5.74, 6) is -0.112. The van der Waals surface area contributed by atoms with Crippen LogP contribution in [0.3, 0.4) is 0 Å². The largest absolute Gasteiger partial charge is 0.352 e. The summed E-state index contributed by atoms with van der Waals surface area (Å²) in [6, 6.07) is 12.0. The summed E-state index contributed by atoms with van der Waals surface area (Å²) >= 11 is 1.44. The molecule has 3 rings (SSSR count). The van der Waals surface area contributed by atoms with E-state index in [2.05, 4.69) is 24.5 Å². The Bertz CT molecular complexity index is 875. The van der Waals surface area contributed by atoms with E-state index in [1.54, 1.807) is 24.3 Å². The quantitative estimate of drug-likeness (QED) is 0.690. The van der Waals surface area contributed by atoms with Crippen molar-refractivity contribution in [3.05, 3.63) is 58.3 Å². The van der Waals surface area contributed by atoms with Crippen molar-refractivity contribution in [3.8, 4) is 0 Å². The molecule has 166 valence electrons. The number of thiophene rings is 1. The molecule has 3 amide bonds. The Hall–Kier alpha value is -2.67. The molecular formula is C24H31N3O3S. The van der Waals surface area contributed by atoms with Crippen LogP contribution in [0.15, 0.2) is 47.8 Å². The Balaban J connectivity index is 1.69. The highest BCUT2D eigenvalue weighted by molar-refractivity contribution is 7.12. The van der Waals surface area contributed by atoms with Crippen molar-refractivity contribution in [2.75, 3.05) is 13.1 Å². The van der Waals surface area contributed by atoms with Gasteiger partial charge >= 0.3 is 0 Å². The lowest BCUT2D eigenvalue weighted by molar-refractivity contribution is -0.125. The molecule has 0 unspecified atom stereocenters. The second kappa shape index (κ2) is 10.6. The zero-order valence-electron chi connectivity index (χ0n) is 18.3. The lowest BCUT2D eigenvalue weighted by Crippen LogP contribution is -2.55. The normalized spacial score (nSPS) is 16.6. The van der Waals surface area contributed by atoms with E-state index >= 15 is 0 Å². The van der Waals surface area contributed by atoms with Gasteiger partial charge in [0.15, 0.2) is 0 Å². The third kappa shape index (κ3) is 5.94. The van der Waals surface area contributed by atoms with Gasteiger partial charge in [-0.1, -0.05) is 38.1 Å². The van der Waals surface area contributed by atoms with Crippen LogP contribution in [0.2, 0.25) is 0 Å². The zero-order valence-corrected chi connectivity index (χ0v) is 19.2. The molecule has 0 saturated carbocycles. The summed E-state index contributed by atoms with van der Waals surface area (Å²) < 4.78 is 0. The number of nitrogens with one attached hydrogen (secondary N) is 2. The van der Waals surface area contributed by atoms with Crippen LogP contribution < -0.4 is 10.6 Å². The minimum absolute atomic E-state index is 0.00382. The van der Waals surface area contributed by atoms with Crippen LogP contribution in [-0.2, 0) is 4.79 Å². The Kier molecular flexibility index (Phi) is 7.85. The molecule has 31 heavy (non-hydrogen) atoms. The summed E-state index contributed by atoms with van der Waals surface area (Å²) in [7, 11) is 0. The number of nitrogens with zero attached hydrogens (tertiary/aromatic N) is 1. The van der Waals surface area contributed by atoms with Gasteiger partial charge in [0.1, 0.15) is 6.04 Å². The fourth-order valence-corrected chi connectivity index (χ4v) is 4.38. The van der Waals surface area contributed by atoms with E-state index in [1.165, 1.54) is 11.3 Å². The monoisotopic (exact) mass is 441 g/mol. The Morgan fingerprint density at radius 2 is 1.65 bits per heavy atom. The summed E-state index contributed by atoms with van der Waals surface area (Å²) in [5, 5.41) is 7.92. The first-order valence-corrected chi connectivity index (χ1v) is 11.7. The van der Waals surface area contributed by atoms with Gasteiger partial charge in [0, 0.05) is 24.7 Å². The summed E-state index contributed by atoms with van der Waals surface area (Å²) in [6.45, 7) is 7.23. The Morgan fingerprint density at radius 1 is 0.968 bits per heavy atom. The topological polar surface area (TPSA) is 78.5 Å². The maximum absolute atomic E-state index is 13.1. The standard InChI is InChI=1S/C24H31N3O3S/c1-16(2)17(3)25-23(29)21(26-22(28)19-8-5-4-6-9-19)18-11-13-27(14-12-18)24(30)20-10-7-15-31-20/h4-10,15-18,21H,11-14H2,1-3H3,(H,25,29)(H,26,28)/t17-,21-/m1/s1. The number of carbonyl (C=O) groups is 3. The lowest BCUT2D eigenvalue weighted by atomic mass is 9.88. The first kappa shape index (κ1) is 23.0. The van der Waals surface area contributed by atoms with Crippen LogP contribution in [0.25, 0.3) is 0 Å². The highest BCUT2D eigenvalue weighted by atomic mass is 32.1. The molecule has 2 N–H and O–H groups in total. The fourth-order valence-electron chi connectivity index (χ4n) is 3.68. The number of hydrogen-bond donors (Lipinski definition) is 2. The van der Waals surface area contributed by atoms with Crippen molar-refractivity contribution < 1.29 is 14.4 Å². The van der Waals surface area contributed by atoms with Crippen LogP contribution >= 0.6 is 11.3 Å². The van der Waals surface area contributed by atoms with Crippen molar-refractivity contribution in [1.82, 2.24) is 15.5 Å². The van der Waals surface area contributed by atoms with Crippen molar-refractivity contribution >= 4 is 29.1 Å². The van der Waals surface area contributed by atoms with Gasteiger partial charge in [-0.15, -0.1) is 11.3 Å². The highest BCUT2D eigenvalue weighted by Crippen LogP contribution is 2.24. The SMILES string of the molecule is CC(C)[C@@H](C)NC(=O)[C@H](NC(=O)c1ccccc1)C1CCN(C(=O)c2cccs2)CC1.